The molecule has 32 heavy (non-hydrogen) atoms. The zero-order valence-corrected chi connectivity index (χ0v) is 20.5. The van der Waals surface area contributed by atoms with Crippen LogP contribution in [0.25, 0.3) is 0 Å². The number of aliphatic imine (C=N–C) groups is 1. The number of ether oxygens (including phenoxy) is 3. The number of piperidine rings is 1. The molecule has 0 aliphatic carbocycles. The maximum absolute atomic E-state index is 5.50. The van der Waals surface area contributed by atoms with Gasteiger partial charge in [-0.25, -0.2) is 0 Å². The van der Waals surface area contributed by atoms with Crippen molar-refractivity contribution in [2.45, 2.75) is 38.8 Å². The van der Waals surface area contributed by atoms with Crippen LogP contribution in [0.4, 0.5) is 0 Å². The number of benzene rings is 1. The summed E-state index contributed by atoms with van der Waals surface area (Å²) in [5.41, 5.74) is 1.16. The van der Waals surface area contributed by atoms with Crippen molar-refractivity contribution in [1.82, 2.24) is 20.0 Å². The Labute approximate surface area is 193 Å². The van der Waals surface area contributed by atoms with E-state index >= 15 is 0 Å². The fourth-order valence-corrected chi connectivity index (χ4v) is 4.85. The molecule has 8 nitrogen and oxygen atoms in total. The maximum Gasteiger partial charge on any atom is 0.203 e. The largest absolute Gasteiger partial charge is 0.493 e. The highest BCUT2D eigenvalue weighted by Gasteiger charge is 2.24. The molecule has 0 aromatic heterocycles. The first-order valence-electron chi connectivity index (χ1n) is 11.8. The highest BCUT2D eigenvalue weighted by Crippen LogP contribution is 2.38. The Kier molecular flexibility index (Phi) is 9.29. The number of likely N-dealkylation sites (tertiary alicyclic amines) is 1. The summed E-state index contributed by atoms with van der Waals surface area (Å²) in [6.45, 7) is 10.4. The Balaban J connectivity index is 1.53. The van der Waals surface area contributed by atoms with Gasteiger partial charge in [0.15, 0.2) is 17.5 Å². The zero-order chi connectivity index (χ0) is 22.9. The summed E-state index contributed by atoms with van der Waals surface area (Å²) in [6.07, 6.45) is 3.94. The van der Waals surface area contributed by atoms with Crippen LogP contribution in [0, 0.1) is 0 Å². The molecule has 0 radical (unpaired) electrons. The number of piperazine rings is 1. The van der Waals surface area contributed by atoms with Crippen molar-refractivity contribution in [2.75, 3.05) is 74.2 Å². The number of nitrogens with zero attached hydrogens (tertiary/aromatic N) is 4. The van der Waals surface area contributed by atoms with Crippen LogP contribution >= 0.6 is 0 Å². The van der Waals surface area contributed by atoms with Gasteiger partial charge in [0.1, 0.15) is 0 Å². The van der Waals surface area contributed by atoms with Crippen LogP contribution in [0.2, 0.25) is 0 Å². The van der Waals surface area contributed by atoms with Crippen LogP contribution in [0.5, 0.6) is 17.2 Å². The highest BCUT2D eigenvalue weighted by atomic mass is 16.5. The third kappa shape index (κ3) is 5.98. The van der Waals surface area contributed by atoms with Crippen molar-refractivity contribution < 1.29 is 14.2 Å². The Hall–Kier alpha value is -2.19. The fraction of sp³-hybridized carbons (Fsp3) is 0.708. The van der Waals surface area contributed by atoms with E-state index in [1.54, 1.807) is 21.3 Å². The molecule has 2 aliphatic heterocycles. The number of nitrogens with one attached hydrogen (secondary N) is 1. The predicted octanol–water partition coefficient (Wildman–Crippen LogP) is 2.28. The number of hydrogen-bond donors (Lipinski definition) is 1. The van der Waals surface area contributed by atoms with Gasteiger partial charge in [0.2, 0.25) is 5.75 Å². The Morgan fingerprint density at radius 3 is 2.25 bits per heavy atom. The van der Waals surface area contributed by atoms with E-state index in [-0.39, 0.29) is 0 Å². The first-order valence-corrected chi connectivity index (χ1v) is 11.8. The van der Waals surface area contributed by atoms with Crippen LogP contribution in [-0.2, 0) is 6.54 Å². The standard InChI is InChI=1S/C24H41N5O3/c1-6-28-10-8-7-9-20(28)17-26-24(25-2)29-13-11-27(12-14-29)18-19-15-21(30-3)23(32-5)22(16-19)31-4/h15-16,20H,6-14,17-18H2,1-5H3,(H,25,26). The summed E-state index contributed by atoms with van der Waals surface area (Å²) in [6, 6.07) is 4.70. The molecule has 2 heterocycles. The van der Waals surface area contributed by atoms with Gasteiger partial charge >= 0.3 is 0 Å². The molecule has 180 valence electrons. The summed E-state index contributed by atoms with van der Waals surface area (Å²) in [7, 11) is 6.84. The van der Waals surface area contributed by atoms with E-state index in [0.29, 0.717) is 23.3 Å². The lowest BCUT2D eigenvalue weighted by Crippen LogP contribution is -2.54. The summed E-state index contributed by atoms with van der Waals surface area (Å²) >= 11 is 0. The van der Waals surface area contributed by atoms with Crippen LogP contribution in [0.3, 0.4) is 0 Å². The van der Waals surface area contributed by atoms with Gasteiger partial charge in [-0.05, 0) is 43.6 Å². The highest BCUT2D eigenvalue weighted by molar-refractivity contribution is 5.80. The van der Waals surface area contributed by atoms with E-state index in [9.17, 15) is 0 Å². The van der Waals surface area contributed by atoms with Crippen molar-refractivity contribution in [3.63, 3.8) is 0 Å². The van der Waals surface area contributed by atoms with Gasteiger partial charge in [0.05, 0.1) is 21.3 Å². The third-order valence-electron chi connectivity index (χ3n) is 6.67. The predicted molar refractivity (Wildman–Crippen MR) is 129 cm³/mol. The van der Waals surface area contributed by atoms with Gasteiger partial charge < -0.3 is 24.4 Å². The number of hydrogen-bond acceptors (Lipinski definition) is 6. The number of likely N-dealkylation sites (N-methyl/N-ethyl adjacent to an activating group) is 1. The zero-order valence-electron chi connectivity index (χ0n) is 20.5. The van der Waals surface area contributed by atoms with E-state index in [1.165, 1.54) is 25.8 Å². The molecule has 1 aromatic rings. The monoisotopic (exact) mass is 447 g/mol. The molecule has 3 rings (SSSR count). The minimum absolute atomic E-state index is 0.617. The minimum atomic E-state index is 0.617. The van der Waals surface area contributed by atoms with E-state index in [1.807, 2.05) is 19.2 Å². The van der Waals surface area contributed by atoms with E-state index in [0.717, 1.165) is 57.3 Å². The lowest BCUT2D eigenvalue weighted by molar-refractivity contribution is 0.152. The summed E-state index contributed by atoms with van der Waals surface area (Å²) in [5, 5.41) is 3.65. The average molecular weight is 448 g/mol. The molecule has 1 atom stereocenters. The van der Waals surface area contributed by atoms with Crippen LogP contribution in [0.15, 0.2) is 17.1 Å². The Morgan fingerprint density at radius 1 is 1.00 bits per heavy atom. The van der Waals surface area contributed by atoms with Gasteiger partial charge in [-0.1, -0.05) is 13.3 Å². The van der Waals surface area contributed by atoms with Crippen LogP contribution in [0.1, 0.15) is 31.7 Å². The molecule has 8 heteroatoms. The molecule has 1 aromatic carbocycles. The van der Waals surface area contributed by atoms with E-state index in [4.69, 9.17) is 14.2 Å². The Bertz CT molecular complexity index is 724. The normalized spacial score (nSPS) is 20.8. The smallest absolute Gasteiger partial charge is 0.203 e. The third-order valence-corrected chi connectivity index (χ3v) is 6.67. The minimum Gasteiger partial charge on any atom is -0.493 e. The molecule has 1 unspecified atom stereocenters. The SMILES string of the molecule is CCN1CCCCC1CNC(=NC)N1CCN(Cc2cc(OC)c(OC)c(OC)c2)CC1. The molecule has 0 bridgehead atoms. The number of methoxy groups -OCH3 is 3. The molecule has 1 N–H and O–H groups in total. The topological polar surface area (TPSA) is 61.8 Å². The lowest BCUT2D eigenvalue weighted by Gasteiger charge is -2.38. The van der Waals surface area contributed by atoms with Crippen molar-refractivity contribution in [2.24, 2.45) is 4.99 Å². The molecule has 2 saturated heterocycles. The van der Waals surface area contributed by atoms with Crippen molar-refractivity contribution in [3.05, 3.63) is 17.7 Å². The van der Waals surface area contributed by atoms with Gasteiger partial charge in [-0.15, -0.1) is 0 Å². The van der Waals surface area contributed by atoms with Gasteiger partial charge in [-0.2, -0.15) is 0 Å². The fourth-order valence-electron chi connectivity index (χ4n) is 4.85. The Morgan fingerprint density at radius 2 is 1.69 bits per heavy atom. The number of guanidine groups is 1. The molecule has 0 spiro atoms. The lowest BCUT2D eigenvalue weighted by atomic mass is 10.0. The summed E-state index contributed by atoms with van der Waals surface area (Å²) in [5.74, 6) is 3.07. The van der Waals surface area contributed by atoms with E-state index < -0.39 is 0 Å². The van der Waals surface area contributed by atoms with Gasteiger partial charge in [0, 0.05) is 52.4 Å². The van der Waals surface area contributed by atoms with Crippen molar-refractivity contribution in [3.8, 4) is 17.2 Å². The molecule has 0 amide bonds. The quantitative estimate of drug-likeness (QED) is 0.485. The first-order chi connectivity index (χ1) is 15.6. The number of rotatable bonds is 8. The second-order valence-electron chi connectivity index (χ2n) is 8.50. The molecular weight excluding hydrogens is 406 g/mol. The average Bonchev–Trinajstić information content (AvgIpc) is 2.84. The van der Waals surface area contributed by atoms with Crippen molar-refractivity contribution >= 4 is 5.96 Å². The molecular formula is C24H41N5O3. The second kappa shape index (κ2) is 12.2. The van der Waals surface area contributed by atoms with Crippen LogP contribution in [-0.4, -0.2) is 101 Å². The van der Waals surface area contributed by atoms with Gasteiger partial charge in [-0.3, -0.25) is 14.8 Å². The molecule has 2 aliphatic rings. The summed E-state index contributed by atoms with van der Waals surface area (Å²) < 4.78 is 16.5. The molecule has 0 saturated carbocycles. The first kappa shape index (κ1) is 24.5. The summed E-state index contributed by atoms with van der Waals surface area (Å²) in [4.78, 5) is 12.0. The second-order valence-corrected chi connectivity index (χ2v) is 8.50. The van der Waals surface area contributed by atoms with Crippen molar-refractivity contribution in [1.29, 1.82) is 0 Å². The van der Waals surface area contributed by atoms with Crippen LogP contribution < -0.4 is 19.5 Å². The maximum atomic E-state index is 5.50. The van der Waals surface area contributed by atoms with E-state index in [2.05, 4.69) is 31.9 Å². The molecule has 2 fully saturated rings. The van der Waals surface area contributed by atoms with Gasteiger partial charge in [0.25, 0.3) is 0 Å².